The highest BCUT2D eigenvalue weighted by Gasteiger charge is 2.23. The second-order valence-electron chi connectivity index (χ2n) is 6.75. The molecule has 1 amide bonds. The van der Waals surface area contributed by atoms with Gasteiger partial charge >= 0.3 is 0 Å². The van der Waals surface area contributed by atoms with Crippen molar-refractivity contribution in [1.29, 1.82) is 0 Å². The Morgan fingerprint density at radius 1 is 1.27 bits per heavy atom. The first-order valence-electron chi connectivity index (χ1n) is 9.46. The Kier molecular flexibility index (Phi) is 7.91. The van der Waals surface area contributed by atoms with Gasteiger partial charge in [-0.05, 0) is 30.3 Å². The summed E-state index contributed by atoms with van der Waals surface area (Å²) in [5, 5.41) is 1.21. The number of hydrogen-bond acceptors (Lipinski definition) is 6. The topological polar surface area (TPSA) is 54.9 Å². The number of ether oxygens (including phenoxy) is 2. The van der Waals surface area contributed by atoms with Gasteiger partial charge in [0, 0.05) is 42.8 Å². The highest BCUT2D eigenvalue weighted by atomic mass is 35.5. The minimum atomic E-state index is -0.105. The number of aromatic nitrogens is 1. The van der Waals surface area contributed by atoms with E-state index in [-0.39, 0.29) is 18.3 Å². The Bertz CT molecular complexity index is 1010. The van der Waals surface area contributed by atoms with E-state index >= 15 is 0 Å². The Labute approximate surface area is 190 Å². The Morgan fingerprint density at radius 2 is 2.07 bits per heavy atom. The largest absolute Gasteiger partial charge is 0.497 e. The molecule has 1 aliphatic heterocycles. The molecule has 9 heteroatoms. The van der Waals surface area contributed by atoms with Gasteiger partial charge in [0.1, 0.15) is 5.75 Å². The molecule has 0 unspecified atom stereocenters. The van der Waals surface area contributed by atoms with Crippen LogP contribution in [0.2, 0.25) is 5.02 Å². The molecule has 1 fully saturated rings. The van der Waals surface area contributed by atoms with Crippen LogP contribution in [0.1, 0.15) is 10.4 Å². The minimum Gasteiger partial charge on any atom is -0.497 e. The number of halogens is 2. The fourth-order valence-electron chi connectivity index (χ4n) is 3.27. The average Bonchev–Trinajstić information content (AvgIpc) is 3.17. The predicted molar refractivity (Wildman–Crippen MR) is 124 cm³/mol. The number of anilines is 1. The number of fused-ring (bicyclic) bond motifs is 1. The van der Waals surface area contributed by atoms with Crippen LogP contribution in [-0.2, 0) is 4.74 Å². The lowest BCUT2D eigenvalue weighted by molar-refractivity contribution is 0.0391. The fraction of sp³-hybridized carbons (Fsp3) is 0.333. The number of benzene rings is 2. The SMILES string of the molecule is COc1ccc2sc(N(CCN3CCOCC3)C(=O)c3cccc(Cl)c3)nc2c1.Cl. The third-order valence-corrected chi connectivity index (χ3v) is 6.17. The van der Waals surface area contributed by atoms with Crippen LogP contribution in [0.15, 0.2) is 42.5 Å². The van der Waals surface area contributed by atoms with E-state index in [1.807, 2.05) is 18.2 Å². The Hall–Kier alpha value is -1.90. The van der Waals surface area contributed by atoms with Crippen molar-refractivity contribution in [3.63, 3.8) is 0 Å². The second kappa shape index (κ2) is 10.4. The molecule has 1 aliphatic rings. The van der Waals surface area contributed by atoms with Gasteiger partial charge in [-0.1, -0.05) is 29.0 Å². The van der Waals surface area contributed by atoms with Gasteiger partial charge in [0.15, 0.2) is 5.13 Å². The van der Waals surface area contributed by atoms with E-state index in [0.29, 0.717) is 22.3 Å². The fourth-order valence-corrected chi connectivity index (χ4v) is 4.43. The number of carbonyl (C=O) groups is 1. The first-order valence-corrected chi connectivity index (χ1v) is 10.7. The van der Waals surface area contributed by atoms with Crippen LogP contribution in [0, 0.1) is 0 Å². The van der Waals surface area contributed by atoms with Gasteiger partial charge in [0.2, 0.25) is 0 Å². The first-order chi connectivity index (χ1) is 14.1. The summed E-state index contributed by atoms with van der Waals surface area (Å²) in [6.07, 6.45) is 0. The van der Waals surface area contributed by atoms with Crippen molar-refractivity contribution in [2.45, 2.75) is 0 Å². The van der Waals surface area contributed by atoms with E-state index in [1.165, 1.54) is 11.3 Å². The summed E-state index contributed by atoms with van der Waals surface area (Å²) in [7, 11) is 1.63. The van der Waals surface area contributed by atoms with Crippen LogP contribution in [0.3, 0.4) is 0 Å². The number of thiazole rings is 1. The van der Waals surface area contributed by atoms with Gasteiger partial charge in [0.05, 0.1) is 30.5 Å². The van der Waals surface area contributed by atoms with E-state index in [9.17, 15) is 4.79 Å². The van der Waals surface area contributed by atoms with Crippen LogP contribution in [0.4, 0.5) is 5.13 Å². The molecule has 0 N–H and O–H groups in total. The van der Waals surface area contributed by atoms with Crippen molar-refractivity contribution in [1.82, 2.24) is 9.88 Å². The molecule has 0 radical (unpaired) electrons. The highest BCUT2D eigenvalue weighted by molar-refractivity contribution is 7.22. The summed E-state index contributed by atoms with van der Waals surface area (Å²) < 4.78 is 11.7. The molecular weight excluding hydrogens is 445 g/mol. The van der Waals surface area contributed by atoms with Gasteiger partial charge in [-0.25, -0.2) is 4.98 Å². The standard InChI is InChI=1S/C21H22ClN3O3S.ClH/c1-27-17-5-6-19-18(14-17)23-21(29-19)25(8-7-24-9-11-28-12-10-24)20(26)15-3-2-4-16(22)13-15;/h2-6,13-14H,7-12H2,1H3;1H. The molecule has 0 atom stereocenters. The van der Waals surface area contributed by atoms with Crippen LogP contribution >= 0.6 is 35.3 Å². The Morgan fingerprint density at radius 3 is 2.80 bits per heavy atom. The molecule has 4 rings (SSSR count). The van der Waals surface area contributed by atoms with E-state index in [1.54, 1.807) is 36.3 Å². The van der Waals surface area contributed by atoms with Crippen LogP contribution < -0.4 is 9.64 Å². The summed E-state index contributed by atoms with van der Waals surface area (Å²) in [4.78, 5) is 22.1. The summed E-state index contributed by atoms with van der Waals surface area (Å²) >= 11 is 7.62. The molecule has 1 aromatic heterocycles. The number of carbonyl (C=O) groups excluding carboxylic acids is 1. The van der Waals surface area contributed by atoms with Crippen LogP contribution in [-0.4, -0.2) is 62.3 Å². The number of nitrogens with zero attached hydrogens (tertiary/aromatic N) is 3. The second-order valence-corrected chi connectivity index (χ2v) is 8.20. The summed E-state index contributed by atoms with van der Waals surface area (Å²) in [5.74, 6) is 0.641. The summed E-state index contributed by atoms with van der Waals surface area (Å²) in [6.45, 7) is 4.50. The Balaban J connectivity index is 0.00000256. The molecule has 30 heavy (non-hydrogen) atoms. The molecule has 160 valence electrons. The van der Waals surface area contributed by atoms with Crippen molar-refractivity contribution in [2.75, 3.05) is 51.4 Å². The number of morpholine rings is 1. The average molecular weight is 468 g/mol. The number of hydrogen-bond donors (Lipinski definition) is 0. The van der Waals surface area contributed by atoms with E-state index in [4.69, 9.17) is 26.1 Å². The third kappa shape index (κ3) is 5.22. The van der Waals surface area contributed by atoms with Gasteiger partial charge in [-0.3, -0.25) is 14.6 Å². The lowest BCUT2D eigenvalue weighted by Crippen LogP contribution is -2.43. The van der Waals surface area contributed by atoms with E-state index in [0.717, 1.165) is 48.8 Å². The maximum Gasteiger partial charge on any atom is 0.260 e. The zero-order chi connectivity index (χ0) is 20.2. The molecule has 0 saturated carbocycles. The van der Waals surface area contributed by atoms with Gasteiger partial charge in [0.25, 0.3) is 5.91 Å². The molecule has 2 aromatic carbocycles. The minimum absolute atomic E-state index is 0. The normalized spacial score (nSPS) is 14.3. The molecule has 0 bridgehead atoms. The highest BCUT2D eigenvalue weighted by Crippen LogP contribution is 2.32. The molecule has 0 spiro atoms. The zero-order valence-corrected chi connectivity index (χ0v) is 18.9. The maximum absolute atomic E-state index is 13.3. The van der Waals surface area contributed by atoms with Gasteiger partial charge in [-0.2, -0.15) is 0 Å². The maximum atomic E-state index is 13.3. The van der Waals surface area contributed by atoms with E-state index < -0.39 is 0 Å². The van der Waals surface area contributed by atoms with Crippen molar-refractivity contribution in [3.05, 3.63) is 53.1 Å². The lowest BCUT2D eigenvalue weighted by atomic mass is 10.2. The van der Waals surface area contributed by atoms with Crippen LogP contribution in [0.25, 0.3) is 10.2 Å². The molecule has 6 nitrogen and oxygen atoms in total. The number of amides is 1. The number of methoxy groups -OCH3 is 1. The molecule has 3 aromatic rings. The van der Waals surface area contributed by atoms with Crippen molar-refractivity contribution in [3.8, 4) is 5.75 Å². The lowest BCUT2D eigenvalue weighted by Gasteiger charge is -2.29. The molecule has 0 aliphatic carbocycles. The number of rotatable bonds is 6. The molecular formula is C21H23Cl2N3O3S. The predicted octanol–water partition coefficient (Wildman–Crippen LogP) is 4.36. The quantitative estimate of drug-likeness (QED) is 0.538. The molecule has 2 heterocycles. The smallest absolute Gasteiger partial charge is 0.260 e. The van der Waals surface area contributed by atoms with Crippen LogP contribution in [0.5, 0.6) is 5.75 Å². The monoisotopic (exact) mass is 467 g/mol. The van der Waals surface area contributed by atoms with Crippen molar-refractivity contribution < 1.29 is 14.3 Å². The van der Waals surface area contributed by atoms with Crippen molar-refractivity contribution >= 4 is 56.6 Å². The van der Waals surface area contributed by atoms with E-state index in [2.05, 4.69) is 4.90 Å². The summed E-state index contributed by atoms with van der Waals surface area (Å²) in [5.41, 5.74) is 1.37. The van der Waals surface area contributed by atoms with Gasteiger partial charge in [-0.15, -0.1) is 12.4 Å². The first kappa shape index (κ1) is 22.8. The van der Waals surface area contributed by atoms with Crippen molar-refractivity contribution in [2.24, 2.45) is 0 Å². The summed E-state index contributed by atoms with van der Waals surface area (Å²) in [6, 6.07) is 12.8. The van der Waals surface area contributed by atoms with Gasteiger partial charge < -0.3 is 9.47 Å². The zero-order valence-electron chi connectivity index (χ0n) is 16.5. The molecule has 1 saturated heterocycles. The third-order valence-electron chi connectivity index (χ3n) is 4.87.